The summed E-state index contributed by atoms with van der Waals surface area (Å²) in [5, 5.41) is 5.74. The van der Waals surface area contributed by atoms with Gasteiger partial charge in [-0.05, 0) is 64.5 Å². The number of benzene rings is 1. The van der Waals surface area contributed by atoms with Gasteiger partial charge in [-0.15, -0.1) is 11.3 Å². The molecule has 1 aromatic carbocycles. The molecular weight excluding hydrogens is 318 g/mol. The first-order chi connectivity index (χ1) is 9.11. The van der Waals surface area contributed by atoms with Crippen molar-refractivity contribution in [2.45, 2.75) is 33.2 Å². The smallest absolute Gasteiger partial charge is 0.0369 e. The van der Waals surface area contributed by atoms with Gasteiger partial charge in [0.15, 0.2) is 0 Å². The second kappa shape index (κ2) is 6.69. The zero-order valence-electron chi connectivity index (χ0n) is 11.7. The van der Waals surface area contributed by atoms with E-state index in [0.717, 1.165) is 13.0 Å². The summed E-state index contributed by atoms with van der Waals surface area (Å²) >= 11 is 5.45. The Morgan fingerprint density at radius 1 is 1.21 bits per heavy atom. The molecule has 1 nitrogen and oxygen atoms in total. The highest BCUT2D eigenvalue weighted by atomic mass is 79.9. The maximum Gasteiger partial charge on any atom is 0.0369 e. The van der Waals surface area contributed by atoms with Gasteiger partial charge < -0.3 is 5.32 Å². The molecule has 0 saturated heterocycles. The Kier molecular flexibility index (Phi) is 5.20. The van der Waals surface area contributed by atoms with Crippen LogP contribution in [-0.2, 0) is 6.42 Å². The molecule has 0 aliphatic rings. The van der Waals surface area contributed by atoms with Crippen molar-refractivity contribution in [3.8, 4) is 0 Å². The molecule has 1 aromatic heterocycles. The van der Waals surface area contributed by atoms with Crippen LogP contribution in [0.15, 0.2) is 34.1 Å². The molecule has 1 N–H and O–H groups in total. The standard InChI is InChI=1S/C16H20BrNS/c1-4-18-15(10-16-14(17)7-8-19-16)13-6-5-11(2)12(3)9-13/h5-9,15,18H,4,10H2,1-3H3. The van der Waals surface area contributed by atoms with Crippen molar-refractivity contribution in [3.05, 3.63) is 55.7 Å². The normalized spacial score (nSPS) is 12.6. The van der Waals surface area contributed by atoms with Gasteiger partial charge in [-0.1, -0.05) is 25.1 Å². The molecule has 0 amide bonds. The van der Waals surface area contributed by atoms with Crippen LogP contribution in [0.1, 0.15) is 34.5 Å². The third kappa shape index (κ3) is 3.68. The molecule has 1 atom stereocenters. The van der Waals surface area contributed by atoms with Gasteiger partial charge in [0.2, 0.25) is 0 Å². The molecule has 3 heteroatoms. The van der Waals surface area contributed by atoms with Crippen molar-refractivity contribution in [2.24, 2.45) is 0 Å². The van der Waals surface area contributed by atoms with E-state index in [1.165, 1.54) is 26.0 Å². The molecule has 0 aliphatic heterocycles. The van der Waals surface area contributed by atoms with E-state index in [-0.39, 0.29) is 0 Å². The van der Waals surface area contributed by atoms with Gasteiger partial charge in [0, 0.05) is 21.8 Å². The van der Waals surface area contributed by atoms with E-state index in [1.807, 2.05) is 11.3 Å². The van der Waals surface area contributed by atoms with Crippen molar-refractivity contribution in [2.75, 3.05) is 6.54 Å². The zero-order valence-corrected chi connectivity index (χ0v) is 14.1. The van der Waals surface area contributed by atoms with Crippen molar-refractivity contribution < 1.29 is 0 Å². The molecule has 0 saturated carbocycles. The average molecular weight is 338 g/mol. The Morgan fingerprint density at radius 2 is 2.00 bits per heavy atom. The van der Waals surface area contributed by atoms with Crippen LogP contribution in [0, 0.1) is 13.8 Å². The molecule has 1 heterocycles. The first kappa shape index (κ1) is 14.8. The lowest BCUT2D eigenvalue weighted by atomic mass is 9.98. The van der Waals surface area contributed by atoms with Crippen LogP contribution in [0.25, 0.3) is 0 Å². The number of hydrogen-bond donors (Lipinski definition) is 1. The molecule has 0 bridgehead atoms. The van der Waals surface area contributed by atoms with Gasteiger partial charge >= 0.3 is 0 Å². The van der Waals surface area contributed by atoms with Crippen molar-refractivity contribution in [1.29, 1.82) is 0 Å². The minimum absolute atomic E-state index is 0.388. The summed E-state index contributed by atoms with van der Waals surface area (Å²) in [5.74, 6) is 0. The van der Waals surface area contributed by atoms with Crippen LogP contribution < -0.4 is 5.32 Å². The molecule has 0 radical (unpaired) electrons. The Labute approximate surface area is 128 Å². The molecule has 19 heavy (non-hydrogen) atoms. The molecule has 2 aromatic rings. The van der Waals surface area contributed by atoms with Crippen LogP contribution in [0.5, 0.6) is 0 Å². The number of thiophene rings is 1. The summed E-state index contributed by atoms with van der Waals surface area (Å²) in [6.45, 7) is 7.50. The lowest BCUT2D eigenvalue weighted by Crippen LogP contribution is -2.22. The molecule has 0 spiro atoms. The molecule has 1 unspecified atom stereocenters. The van der Waals surface area contributed by atoms with E-state index >= 15 is 0 Å². The number of nitrogens with one attached hydrogen (secondary N) is 1. The van der Waals surface area contributed by atoms with Crippen LogP contribution >= 0.6 is 27.3 Å². The Balaban J connectivity index is 2.24. The van der Waals surface area contributed by atoms with E-state index in [2.05, 4.69) is 71.7 Å². The van der Waals surface area contributed by atoms with Crippen LogP contribution in [-0.4, -0.2) is 6.54 Å². The molecular formula is C16H20BrNS. The number of likely N-dealkylation sites (N-methyl/N-ethyl adjacent to an activating group) is 1. The molecule has 102 valence electrons. The minimum atomic E-state index is 0.388. The fourth-order valence-electron chi connectivity index (χ4n) is 2.19. The van der Waals surface area contributed by atoms with Crippen molar-refractivity contribution >= 4 is 27.3 Å². The predicted molar refractivity (Wildman–Crippen MR) is 88.1 cm³/mol. The van der Waals surface area contributed by atoms with Crippen LogP contribution in [0.2, 0.25) is 0 Å². The summed E-state index contributed by atoms with van der Waals surface area (Å²) in [7, 11) is 0. The highest BCUT2D eigenvalue weighted by Gasteiger charge is 2.14. The lowest BCUT2D eigenvalue weighted by molar-refractivity contribution is 0.552. The summed E-state index contributed by atoms with van der Waals surface area (Å²) in [6.07, 6.45) is 1.04. The summed E-state index contributed by atoms with van der Waals surface area (Å²) < 4.78 is 1.23. The molecule has 2 rings (SSSR count). The molecule has 0 fully saturated rings. The predicted octanol–water partition coefficient (Wildman–Crippen LogP) is 5.02. The van der Waals surface area contributed by atoms with Crippen LogP contribution in [0.4, 0.5) is 0 Å². The fraction of sp³-hybridized carbons (Fsp3) is 0.375. The minimum Gasteiger partial charge on any atom is -0.310 e. The third-order valence-electron chi connectivity index (χ3n) is 3.46. The van der Waals surface area contributed by atoms with E-state index in [9.17, 15) is 0 Å². The van der Waals surface area contributed by atoms with E-state index in [4.69, 9.17) is 0 Å². The summed E-state index contributed by atoms with van der Waals surface area (Å²) in [6, 6.07) is 9.29. The quantitative estimate of drug-likeness (QED) is 0.807. The van der Waals surface area contributed by atoms with Gasteiger partial charge in [-0.2, -0.15) is 0 Å². The second-order valence-electron chi connectivity index (χ2n) is 4.85. The molecule has 0 aliphatic carbocycles. The third-order valence-corrected chi connectivity index (χ3v) is 5.41. The van der Waals surface area contributed by atoms with Crippen molar-refractivity contribution in [1.82, 2.24) is 5.32 Å². The van der Waals surface area contributed by atoms with Crippen molar-refractivity contribution in [3.63, 3.8) is 0 Å². The number of halogens is 1. The van der Waals surface area contributed by atoms with Gasteiger partial charge in [0.05, 0.1) is 0 Å². The SMILES string of the molecule is CCNC(Cc1sccc1Br)c1ccc(C)c(C)c1. The Hall–Kier alpha value is -0.640. The second-order valence-corrected chi connectivity index (χ2v) is 6.70. The summed E-state index contributed by atoms with van der Waals surface area (Å²) in [5.41, 5.74) is 4.10. The van der Waals surface area contributed by atoms with Gasteiger partial charge in [-0.25, -0.2) is 0 Å². The first-order valence-electron chi connectivity index (χ1n) is 6.64. The van der Waals surface area contributed by atoms with E-state index in [1.54, 1.807) is 0 Å². The number of aryl methyl sites for hydroxylation is 2. The maximum atomic E-state index is 3.63. The van der Waals surface area contributed by atoms with E-state index in [0.29, 0.717) is 6.04 Å². The van der Waals surface area contributed by atoms with Gasteiger partial charge in [-0.3, -0.25) is 0 Å². The topological polar surface area (TPSA) is 12.0 Å². The Morgan fingerprint density at radius 3 is 2.58 bits per heavy atom. The van der Waals surface area contributed by atoms with Crippen LogP contribution in [0.3, 0.4) is 0 Å². The maximum absolute atomic E-state index is 3.63. The largest absolute Gasteiger partial charge is 0.310 e. The fourth-order valence-corrected chi connectivity index (χ4v) is 3.75. The summed E-state index contributed by atoms with van der Waals surface area (Å²) in [4.78, 5) is 1.41. The number of rotatable bonds is 5. The van der Waals surface area contributed by atoms with Gasteiger partial charge in [0.25, 0.3) is 0 Å². The van der Waals surface area contributed by atoms with E-state index < -0.39 is 0 Å². The number of hydrogen-bond acceptors (Lipinski definition) is 2. The van der Waals surface area contributed by atoms with Gasteiger partial charge in [0.1, 0.15) is 0 Å². The first-order valence-corrected chi connectivity index (χ1v) is 8.31. The Bertz CT molecular complexity index is 547. The highest BCUT2D eigenvalue weighted by molar-refractivity contribution is 9.10. The lowest BCUT2D eigenvalue weighted by Gasteiger charge is -2.19. The average Bonchev–Trinajstić information content (AvgIpc) is 2.78. The highest BCUT2D eigenvalue weighted by Crippen LogP contribution is 2.29. The zero-order chi connectivity index (χ0) is 13.8. The monoisotopic (exact) mass is 337 g/mol.